The summed E-state index contributed by atoms with van der Waals surface area (Å²) in [5.41, 5.74) is 1.27. The van der Waals surface area contributed by atoms with Gasteiger partial charge in [-0.15, -0.1) is 21.8 Å². The number of aromatic nitrogens is 3. The van der Waals surface area contributed by atoms with Crippen molar-refractivity contribution in [2.75, 3.05) is 6.61 Å². The minimum absolute atomic E-state index is 0.387. The van der Waals surface area contributed by atoms with E-state index in [9.17, 15) is 0 Å². The Hall–Kier alpha value is -1.20. The van der Waals surface area contributed by atoms with Crippen molar-refractivity contribution in [3.05, 3.63) is 35.1 Å². The van der Waals surface area contributed by atoms with Crippen LogP contribution in [0.4, 0.5) is 0 Å². The Balaban J connectivity index is 1.69. The molecule has 0 spiro atoms. The number of nitrogens with zero attached hydrogens (tertiary/aromatic N) is 3. The van der Waals surface area contributed by atoms with Gasteiger partial charge >= 0.3 is 0 Å². The number of ether oxygens (including phenoxy) is 1. The van der Waals surface area contributed by atoms with Crippen LogP contribution in [0.1, 0.15) is 17.0 Å². The van der Waals surface area contributed by atoms with Crippen molar-refractivity contribution < 1.29 is 4.74 Å². The Bertz CT molecular complexity index is 449. The molecule has 2 heterocycles. The first kappa shape index (κ1) is 12.3. The van der Waals surface area contributed by atoms with Crippen molar-refractivity contribution in [2.45, 2.75) is 18.7 Å². The third kappa shape index (κ3) is 3.94. The van der Waals surface area contributed by atoms with Gasteiger partial charge in [-0.05, 0) is 30.5 Å². The van der Waals surface area contributed by atoms with Crippen LogP contribution in [0.2, 0.25) is 0 Å². The molecule has 0 bridgehead atoms. The van der Waals surface area contributed by atoms with E-state index in [2.05, 4.69) is 15.2 Å². The molecule has 0 saturated heterocycles. The summed E-state index contributed by atoms with van der Waals surface area (Å²) >= 11 is 7.02. The number of rotatable bonds is 6. The molecule has 90 valence electrons. The van der Waals surface area contributed by atoms with Crippen LogP contribution >= 0.6 is 22.9 Å². The Kier molecular flexibility index (Phi) is 4.70. The molecule has 0 aromatic carbocycles. The van der Waals surface area contributed by atoms with Gasteiger partial charge in [0.05, 0.1) is 12.5 Å². The zero-order valence-corrected chi connectivity index (χ0v) is 10.7. The van der Waals surface area contributed by atoms with Crippen LogP contribution in [0.15, 0.2) is 24.5 Å². The van der Waals surface area contributed by atoms with Crippen LogP contribution in [0.25, 0.3) is 0 Å². The van der Waals surface area contributed by atoms with Gasteiger partial charge in [-0.25, -0.2) is 0 Å². The predicted molar refractivity (Wildman–Crippen MR) is 67.5 cm³/mol. The van der Waals surface area contributed by atoms with E-state index in [1.165, 1.54) is 16.9 Å². The van der Waals surface area contributed by atoms with Crippen LogP contribution in [-0.2, 0) is 12.3 Å². The Morgan fingerprint density at radius 2 is 2.06 bits per heavy atom. The Labute approximate surface area is 109 Å². The molecule has 0 aliphatic heterocycles. The number of hydrogen-bond donors (Lipinski definition) is 0. The van der Waals surface area contributed by atoms with Crippen LogP contribution in [0.5, 0.6) is 5.19 Å². The molecule has 0 radical (unpaired) electrons. The number of pyridine rings is 1. The molecule has 4 nitrogen and oxygen atoms in total. The molecular weight excluding hydrogens is 258 g/mol. The van der Waals surface area contributed by atoms with Crippen LogP contribution in [0, 0.1) is 0 Å². The Morgan fingerprint density at radius 3 is 2.76 bits per heavy atom. The summed E-state index contributed by atoms with van der Waals surface area (Å²) in [6.07, 6.45) is 5.52. The number of alkyl halides is 1. The zero-order valence-electron chi connectivity index (χ0n) is 9.17. The first-order valence-electron chi connectivity index (χ1n) is 5.28. The summed E-state index contributed by atoms with van der Waals surface area (Å²) in [4.78, 5) is 3.97. The highest BCUT2D eigenvalue weighted by molar-refractivity contribution is 7.13. The van der Waals surface area contributed by atoms with E-state index >= 15 is 0 Å². The predicted octanol–water partition coefficient (Wildman–Crippen LogP) is 2.68. The molecule has 2 aromatic heterocycles. The molecule has 0 fully saturated rings. The average Bonchev–Trinajstić information content (AvgIpc) is 2.84. The molecule has 0 amide bonds. The van der Waals surface area contributed by atoms with Crippen molar-refractivity contribution in [3.63, 3.8) is 0 Å². The van der Waals surface area contributed by atoms with E-state index in [0.717, 1.165) is 17.8 Å². The van der Waals surface area contributed by atoms with E-state index in [0.29, 0.717) is 17.7 Å². The molecule has 0 saturated carbocycles. The van der Waals surface area contributed by atoms with Gasteiger partial charge in [-0.2, -0.15) is 0 Å². The van der Waals surface area contributed by atoms with Gasteiger partial charge in [0.25, 0.3) is 5.19 Å². The second-order valence-electron chi connectivity index (χ2n) is 3.40. The fourth-order valence-electron chi connectivity index (χ4n) is 1.34. The molecule has 0 atom stereocenters. The molecule has 0 unspecified atom stereocenters. The van der Waals surface area contributed by atoms with Crippen molar-refractivity contribution in [1.82, 2.24) is 15.2 Å². The monoisotopic (exact) mass is 269 g/mol. The molecule has 17 heavy (non-hydrogen) atoms. The molecule has 0 aliphatic carbocycles. The second kappa shape index (κ2) is 6.51. The number of aryl methyl sites for hydroxylation is 1. The summed E-state index contributed by atoms with van der Waals surface area (Å²) in [5, 5.41) is 9.14. The molecule has 2 aromatic rings. The first-order valence-corrected chi connectivity index (χ1v) is 6.63. The quantitative estimate of drug-likeness (QED) is 0.598. The van der Waals surface area contributed by atoms with Gasteiger partial charge in [0.2, 0.25) is 0 Å². The maximum atomic E-state index is 5.63. The van der Waals surface area contributed by atoms with Crippen molar-refractivity contribution in [1.29, 1.82) is 0 Å². The van der Waals surface area contributed by atoms with E-state index in [4.69, 9.17) is 16.3 Å². The molecule has 6 heteroatoms. The lowest BCUT2D eigenvalue weighted by Gasteiger charge is -2.01. The van der Waals surface area contributed by atoms with E-state index in [-0.39, 0.29) is 0 Å². The average molecular weight is 270 g/mol. The molecule has 0 aliphatic rings. The van der Waals surface area contributed by atoms with E-state index in [1.807, 2.05) is 12.1 Å². The highest BCUT2D eigenvalue weighted by atomic mass is 35.5. The van der Waals surface area contributed by atoms with Gasteiger partial charge in [0.15, 0.2) is 0 Å². The van der Waals surface area contributed by atoms with Crippen molar-refractivity contribution in [3.8, 4) is 5.19 Å². The SMILES string of the molecule is ClCc1nnc(OCCCc2ccncc2)s1. The van der Waals surface area contributed by atoms with Gasteiger partial charge in [0.1, 0.15) is 5.01 Å². The lowest BCUT2D eigenvalue weighted by Crippen LogP contribution is -1.99. The minimum atomic E-state index is 0.387. The minimum Gasteiger partial charge on any atom is -0.469 e. The van der Waals surface area contributed by atoms with Gasteiger partial charge in [-0.3, -0.25) is 4.98 Å². The third-order valence-electron chi connectivity index (χ3n) is 2.15. The third-order valence-corrected chi connectivity index (χ3v) is 3.39. The van der Waals surface area contributed by atoms with Gasteiger partial charge in [-0.1, -0.05) is 11.3 Å². The van der Waals surface area contributed by atoms with Gasteiger partial charge in [0, 0.05) is 12.4 Å². The first-order chi connectivity index (χ1) is 8.38. The Morgan fingerprint density at radius 1 is 1.24 bits per heavy atom. The smallest absolute Gasteiger partial charge is 0.294 e. The zero-order chi connectivity index (χ0) is 11.9. The molecule has 0 N–H and O–H groups in total. The van der Waals surface area contributed by atoms with E-state index < -0.39 is 0 Å². The summed E-state index contributed by atoms with van der Waals surface area (Å²) in [6.45, 7) is 0.638. The topological polar surface area (TPSA) is 47.9 Å². The maximum absolute atomic E-state index is 5.63. The van der Waals surface area contributed by atoms with Gasteiger partial charge < -0.3 is 4.74 Å². The standard InChI is InChI=1S/C11H12ClN3OS/c12-8-10-14-15-11(17-10)16-7-1-2-9-3-5-13-6-4-9/h3-6H,1-2,7-8H2. The summed E-state index contributed by atoms with van der Waals surface area (Å²) in [7, 11) is 0. The normalized spacial score (nSPS) is 10.4. The number of hydrogen-bond acceptors (Lipinski definition) is 5. The fraction of sp³-hybridized carbons (Fsp3) is 0.364. The van der Waals surface area contributed by atoms with Crippen molar-refractivity contribution >= 4 is 22.9 Å². The maximum Gasteiger partial charge on any atom is 0.294 e. The molecule has 2 rings (SSSR count). The number of halogens is 1. The lowest BCUT2D eigenvalue weighted by atomic mass is 10.1. The summed E-state index contributed by atoms with van der Waals surface area (Å²) < 4.78 is 5.48. The fourth-order valence-corrected chi connectivity index (χ4v) is 2.11. The van der Waals surface area contributed by atoms with E-state index in [1.54, 1.807) is 12.4 Å². The molecular formula is C11H12ClN3OS. The summed E-state index contributed by atoms with van der Waals surface area (Å²) in [6, 6.07) is 4.02. The van der Waals surface area contributed by atoms with Crippen molar-refractivity contribution in [2.24, 2.45) is 0 Å². The largest absolute Gasteiger partial charge is 0.469 e. The van der Waals surface area contributed by atoms with Crippen LogP contribution < -0.4 is 4.74 Å². The van der Waals surface area contributed by atoms with Crippen LogP contribution in [-0.4, -0.2) is 21.8 Å². The second-order valence-corrected chi connectivity index (χ2v) is 4.69. The highest BCUT2D eigenvalue weighted by Crippen LogP contribution is 2.19. The lowest BCUT2D eigenvalue weighted by molar-refractivity contribution is 0.307. The van der Waals surface area contributed by atoms with Crippen LogP contribution in [0.3, 0.4) is 0 Å². The summed E-state index contributed by atoms with van der Waals surface area (Å²) in [5.74, 6) is 0.387. The highest BCUT2D eigenvalue weighted by Gasteiger charge is 2.03.